The maximum atomic E-state index is 3.93. The second kappa shape index (κ2) is 6.55. The minimum absolute atomic E-state index is 0.711. The molecule has 0 aromatic heterocycles. The van der Waals surface area contributed by atoms with Gasteiger partial charge in [0.15, 0.2) is 0 Å². The first-order chi connectivity index (χ1) is 10.0. The van der Waals surface area contributed by atoms with E-state index in [0.29, 0.717) is 6.04 Å². The second-order valence-electron chi connectivity index (χ2n) is 8.42. The summed E-state index contributed by atoms with van der Waals surface area (Å²) in [6.45, 7) is 11.0. The molecule has 0 aromatic rings. The summed E-state index contributed by atoms with van der Waals surface area (Å²) in [7, 11) is 2.33. The predicted molar refractivity (Wildman–Crippen MR) is 89.4 cm³/mol. The van der Waals surface area contributed by atoms with Gasteiger partial charge in [-0.25, -0.2) is 0 Å². The Balaban J connectivity index is 1.57. The van der Waals surface area contributed by atoms with E-state index < -0.39 is 0 Å². The fourth-order valence-corrected chi connectivity index (χ4v) is 5.03. The minimum Gasteiger partial charge on any atom is -0.313 e. The molecule has 7 atom stereocenters. The Morgan fingerprint density at radius 2 is 1.62 bits per heavy atom. The molecule has 0 radical (unpaired) electrons. The lowest BCUT2D eigenvalue weighted by Gasteiger charge is -2.46. The molecule has 3 aliphatic rings. The highest BCUT2D eigenvalue weighted by Gasteiger charge is 2.39. The van der Waals surface area contributed by atoms with Crippen LogP contribution in [0.4, 0.5) is 0 Å². The number of nitrogens with zero attached hydrogens (tertiary/aromatic N) is 1. The smallest absolute Gasteiger partial charge is 0.0248 e. The highest BCUT2D eigenvalue weighted by molar-refractivity contribution is 4.97. The molecular weight excluding hydrogens is 258 g/mol. The number of nitrogens with one attached hydrogen (secondary N) is 2. The van der Waals surface area contributed by atoms with E-state index in [9.17, 15) is 0 Å². The minimum atomic E-state index is 0.711. The van der Waals surface area contributed by atoms with Crippen LogP contribution in [0.1, 0.15) is 46.5 Å². The van der Waals surface area contributed by atoms with Gasteiger partial charge in [-0.2, -0.15) is 0 Å². The largest absolute Gasteiger partial charge is 0.313 e. The lowest BCUT2D eigenvalue weighted by molar-refractivity contribution is 0.0745. The molecule has 2 N–H and O–H groups in total. The van der Waals surface area contributed by atoms with Gasteiger partial charge in [0, 0.05) is 24.7 Å². The highest BCUT2D eigenvalue weighted by atomic mass is 15.2. The van der Waals surface area contributed by atoms with E-state index in [4.69, 9.17) is 0 Å². The summed E-state index contributed by atoms with van der Waals surface area (Å²) in [6, 6.07) is 2.22. The number of piperidine rings is 2. The molecule has 3 fully saturated rings. The third-order valence-corrected chi connectivity index (χ3v) is 6.52. The van der Waals surface area contributed by atoms with Gasteiger partial charge >= 0.3 is 0 Å². The van der Waals surface area contributed by atoms with Crippen LogP contribution in [0.2, 0.25) is 0 Å². The molecule has 3 nitrogen and oxygen atoms in total. The van der Waals surface area contributed by atoms with Crippen molar-refractivity contribution in [1.82, 2.24) is 15.5 Å². The number of likely N-dealkylation sites (N-methyl/N-ethyl adjacent to an activating group) is 1. The molecule has 3 heteroatoms. The molecule has 0 saturated carbocycles. The first-order valence-corrected chi connectivity index (χ1v) is 9.21. The van der Waals surface area contributed by atoms with Gasteiger partial charge in [0.25, 0.3) is 0 Å². The van der Waals surface area contributed by atoms with Crippen molar-refractivity contribution >= 4 is 0 Å². The maximum absolute atomic E-state index is 3.93. The zero-order valence-electron chi connectivity index (χ0n) is 14.4. The standard InChI is InChI=1S/C18H35N3/c1-12-5-6-21(4)18(8-12)17-9-14(3)15(11-20-17)16-7-13(2)10-19-16/h12-20H,5-11H2,1-4H3/t12-,13-,14-,15?,16?,17?,18?/m1/s1. The first-order valence-electron chi connectivity index (χ1n) is 9.21. The van der Waals surface area contributed by atoms with Crippen molar-refractivity contribution in [2.75, 3.05) is 26.7 Å². The van der Waals surface area contributed by atoms with Crippen LogP contribution >= 0.6 is 0 Å². The lowest BCUT2D eigenvalue weighted by Crippen LogP contribution is -2.58. The van der Waals surface area contributed by atoms with Crippen LogP contribution in [0.15, 0.2) is 0 Å². The van der Waals surface area contributed by atoms with Crippen LogP contribution in [0, 0.1) is 23.7 Å². The first kappa shape index (κ1) is 15.8. The van der Waals surface area contributed by atoms with E-state index in [0.717, 1.165) is 35.8 Å². The fraction of sp³-hybridized carbons (Fsp3) is 1.00. The summed E-state index contributed by atoms with van der Waals surface area (Å²) in [5.41, 5.74) is 0. The van der Waals surface area contributed by atoms with Crippen LogP contribution in [0.3, 0.4) is 0 Å². The van der Waals surface area contributed by atoms with Crippen LogP contribution in [-0.2, 0) is 0 Å². The van der Waals surface area contributed by atoms with Gasteiger partial charge in [0.2, 0.25) is 0 Å². The van der Waals surface area contributed by atoms with Gasteiger partial charge < -0.3 is 15.5 Å². The van der Waals surface area contributed by atoms with E-state index in [2.05, 4.69) is 43.4 Å². The Kier molecular flexibility index (Phi) is 4.92. The molecule has 122 valence electrons. The van der Waals surface area contributed by atoms with Gasteiger partial charge in [-0.15, -0.1) is 0 Å². The van der Waals surface area contributed by atoms with Crippen molar-refractivity contribution in [3.63, 3.8) is 0 Å². The van der Waals surface area contributed by atoms with Crippen LogP contribution in [0.5, 0.6) is 0 Å². The molecule has 21 heavy (non-hydrogen) atoms. The molecule has 3 heterocycles. The monoisotopic (exact) mass is 293 g/mol. The molecular formula is C18H35N3. The molecule has 3 rings (SSSR count). The van der Waals surface area contributed by atoms with Crippen LogP contribution in [-0.4, -0.2) is 49.7 Å². The summed E-state index contributed by atoms with van der Waals surface area (Å²) in [5, 5.41) is 7.70. The maximum Gasteiger partial charge on any atom is 0.0248 e. The van der Waals surface area contributed by atoms with Crippen molar-refractivity contribution in [2.45, 2.75) is 64.6 Å². The Morgan fingerprint density at radius 3 is 2.29 bits per heavy atom. The fourth-order valence-electron chi connectivity index (χ4n) is 5.03. The van der Waals surface area contributed by atoms with Crippen molar-refractivity contribution < 1.29 is 0 Å². The Bertz CT molecular complexity index is 345. The highest BCUT2D eigenvalue weighted by Crippen LogP contribution is 2.34. The molecule has 3 saturated heterocycles. The lowest BCUT2D eigenvalue weighted by atomic mass is 9.75. The molecule has 4 unspecified atom stereocenters. The van der Waals surface area contributed by atoms with Crippen molar-refractivity contribution in [3.8, 4) is 0 Å². The molecule has 0 spiro atoms. The van der Waals surface area contributed by atoms with Gasteiger partial charge in [-0.3, -0.25) is 0 Å². The average Bonchev–Trinajstić information content (AvgIpc) is 2.88. The third-order valence-electron chi connectivity index (χ3n) is 6.52. The average molecular weight is 293 g/mol. The quantitative estimate of drug-likeness (QED) is 0.818. The number of hydrogen-bond donors (Lipinski definition) is 2. The summed E-state index contributed by atoms with van der Waals surface area (Å²) >= 11 is 0. The number of likely N-dealkylation sites (tertiary alicyclic amines) is 1. The Hall–Kier alpha value is -0.120. The SMILES string of the molecule is C[C@@H]1CCN(C)C(C2C[C@@H](C)C(C3C[C@@H](C)CN3)CN2)C1. The van der Waals surface area contributed by atoms with Crippen molar-refractivity contribution in [2.24, 2.45) is 23.7 Å². The molecule has 3 aliphatic heterocycles. The number of rotatable bonds is 2. The van der Waals surface area contributed by atoms with Gasteiger partial charge in [0.1, 0.15) is 0 Å². The third kappa shape index (κ3) is 3.46. The summed E-state index contributed by atoms with van der Waals surface area (Å²) in [4.78, 5) is 2.61. The van der Waals surface area contributed by atoms with Crippen molar-refractivity contribution in [1.29, 1.82) is 0 Å². The van der Waals surface area contributed by atoms with E-state index in [1.807, 2.05) is 0 Å². The predicted octanol–water partition coefficient (Wildman–Crippen LogP) is 2.33. The van der Waals surface area contributed by atoms with E-state index in [1.165, 1.54) is 45.3 Å². The van der Waals surface area contributed by atoms with Crippen LogP contribution in [0.25, 0.3) is 0 Å². The number of hydrogen-bond acceptors (Lipinski definition) is 3. The summed E-state index contributed by atoms with van der Waals surface area (Å²) < 4.78 is 0. The second-order valence-corrected chi connectivity index (χ2v) is 8.42. The molecule has 0 aromatic carbocycles. The normalized spacial score (nSPS) is 49.4. The van der Waals surface area contributed by atoms with E-state index >= 15 is 0 Å². The summed E-state index contributed by atoms with van der Waals surface area (Å²) in [5.74, 6) is 3.45. The zero-order chi connectivity index (χ0) is 15.0. The van der Waals surface area contributed by atoms with Crippen LogP contribution < -0.4 is 10.6 Å². The Labute approximate surface area is 131 Å². The summed E-state index contributed by atoms with van der Waals surface area (Å²) in [6.07, 6.45) is 5.49. The van der Waals surface area contributed by atoms with Gasteiger partial charge in [-0.1, -0.05) is 20.8 Å². The molecule has 0 amide bonds. The van der Waals surface area contributed by atoms with Gasteiger partial charge in [-0.05, 0) is 69.5 Å². The Morgan fingerprint density at radius 1 is 0.857 bits per heavy atom. The topological polar surface area (TPSA) is 27.3 Å². The molecule has 0 bridgehead atoms. The zero-order valence-corrected chi connectivity index (χ0v) is 14.4. The van der Waals surface area contributed by atoms with Crippen molar-refractivity contribution in [3.05, 3.63) is 0 Å². The van der Waals surface area contributed by atoms with E-state index in [-0.39, 0.29) is 0 Å². The van der Waals surface area contributed by atoms with E-state index in [1.54, 1.807) is 0 Å². The van der Waals surface area contributed by atoms with Gasteiger partial charge in [0.05, 0.1) is 0 Å². The molecule has 0 aliphatic carbocycles.